The van der Waals surface area contributed by atoms with E-state index in [1.165, 1.54) is 24.1 Å². The van der Waals surface area contributed by atoms with E-state index in [0.29, 0.717) is 5.28 Å². The molecule has 1 atom stereocenters. The first-order valence-corrected chi connectivity index (χ1v) is 8.05. The van der Waals surface area contributed by atoms with E-state index >= 15 is 0 Å². The maximum absolute atomic E-state index is 6.08. The molecule has 0 aromatic carbocycles. The number of halogens is 1. The topological polar surface area (TPSA) is 29.0 Å². The predicted octanol–water partition coefficient (Wildman–Crippen LogP) is 4.28. The van der Waals surface area contributed by atoms with Crippen molar-refractivity contribution < 1.29 is 0 Å². The van der Waals surface area contributed by atoms with E-state index in [0.717, 1.165) is 35.0 Å². The summed E-state index contributed by atoms with van der Waals surface area (Å²) in [5.74, 6) is 1.80. The van der Waals surface area contributed by atoms with Gasteiger partial charge in [0.25, 0.3) is 0 Å². The summed E-state index contributed by atoms with van der Waals surface area (Å²) in [4.78, 5) is 13.5. The average molecular weight is 296 g/mol. The zero-order valence-electron chi connectivity index (χ0n) is 11.3. The largest absolute Gasteiger partial charge is 0.356 e. The molecule has 0 radical (unpaired) electrons. The number of aromatic nitrogens is 2. The number of hydrogen-bond donors (Lipinski definition) is 0. The highest BCUT2D eigenvalue weighted by molar-refractivity contribution is 7.18. The Balaban J connectivity index is 2.03. The third kappa shape index (κ3) is 2.56. The summed E-state index contributed by atoms with van der Waals surface area (Å²) in [5.41, 5.74) is 0. The van der Waals surface area contributed by atoms with Crippen LogP contribution in [0.2, 0.25) is 5.28 Å². The summed E-state index contributed by atoms with van der Waals surface area (Å²) in [6.45, 7) is 6.54. The SMILES string of the molecule is CCC1CCCN(c2nc(Cl)nc3sc(C)cc23)C1. The van der Waals surface area contributed by atoms with Gasteiger partial charge < -0.3 is 4.90 Å². The molecule has 0 spiro atoms. The summed E-state index contributed by atoms with van der Waals surface area (Å²) in [7, 11) is 0. The first kappa shape index (κ1) is 13.1. The number of aryl methyl sites for hydroxylation is 1. The average Bonchev–Trinajstić information content (AvgIpc) is 2.78. The standard InChI is InChI=1S/C14H18ClN3S/c1-3-10-5-4-6-18(8-10)12-11-7-9(2)19-13(11)17-14(15)16-12/h7,10H,3-6,8H2,1-2H3. The third-order valence-corrected chi connectivity index (χ3v) is 4.98. The summed E-state index contributed by atoms with van der Waals surface area (Å²) < 4.78 is 0. The lowest BCUT2D eigenvalue weighted by atomic mass is 9.95. The van der Waals surface area contributed by atoms with Gasteiger partial charge in [-0.05, 0) is 43.4 Å². The summed E-state index contributed by atoms with van der Waals surface area (Å²) >= 11 is 7.77. The summed E-state index contributed by atoms with van der Waals surface area (Å²) in [6.07, 6.45) is 3.81. The second-order valence-corrected chi connectivity index (χ2v) is 6.83. The molecular weight excluding hydrogens is 278 g/mol. The highest BCUT2D eigenvalue weighted by Gasteiger charge is 2.22. The van der Waals surface area contributed by atoms with Crippen molar-refractivity contribution in [2.45, 2.75) is 33.1 Å². The van der Waals surface area contributed by atoms with Gasteiger partial charge in [-0.2, -0.15) is 4.98 Å². The van der Waals surface area contributed by atoms with Crippen molar-refractivity contribution in [3.05, 3.63) is 16.2 Å². The minimum atomic E-state index is 0.364. The fourth-order valence-corrected chi connectivity index (χ4v) is 3.92. The molecule has 102 valence electrons. The Bertz CT molecular complexity index is 596. The number of piperidine rings is 1. The Morgan fingerprint density at radius 2 is 2.32 bits per heavy atom. The zero-order chi connectivity index (χ0) is 13.4. The van der Waals surface area contributed by atoms with Crippen molar-refractivity contribution in [3.63, 3.8) is 0 Å². The minimum absolute atomic E-state index is 0.364. The highest BCUT2D eigenvalue weighted by Crippen LogP contribution is 2.33. The lowest BCUT2D eigenvalue weighted by Crippen LogP contribution is -2.35. The van der Waals surface area contributed by atoms with Crippen LogP contribution in [0.1, 0.15) is 31.1 Å². The Morgan fingerprint density at radius 3 is 3.11 bits per heavy atom. The molecule has 3 heterocycles. The molecular formula is C14H18ClN3S. The Labute approximate surface area is 122 Å². The van der Waals surface area contributed by atoms with Gasteiger partial charge in [0, 0.05) is 18.0 Å². The van der Waals surface area contributed by atoms with Gasteiger partial charge >= 0.3 is 0 Å². The minimum Gasteiger partial charge on any atom is -0.356 e. The second kappa shape index (κ2) is 5.25. The van der Waals surface area contributed by atoms with Gasteiger partial charge in [-0.25, -0.2) is 4.98 Å². The van der Waals surface area contributed by atoms with Crippen LogP contribution in [0.4, 0.5) is 5.82 Å². The molecule has 0 aliphatic carbocycles. The van der Waals surface area contributed by atoms with Gasteiger partial charge in [0.2, 0.25) is 5.28 Å². The number of fused-ring (bicyclic) bond motifs is 1. The van der Waals surface area contributed by atoms with Crippen molar-refractivity contribution in [1.82, 2.24) is 9.97 Å². The molecule has 0 amide bonds. The normalized spacial score (nSPS) is 20.2. The number of nitrogens with zero attached hydrogens (tertiary/aromatic N) is 3. The Morgan fingerprint density at radius 1 is 1.47 bits per heavy atom. The number of thiophene rings is 1. The molecule has 1 fully saturated rings. The van der Waals surface area contributed by atoms with Gasteiger partial charge in [0.15, 0.2) is 0 Å². The Hall–Kier alpha value is -0.870. The van der Waals surface area contributed by atoms with Gasteiger partial charge in [0.05, 0.1) is 5.39 Å². The van der Waals surface area contributed by atoms with Crippen LogP contribution in [0.15, 0.2) is 6.07 Å². The van der Waals surface area contributed by atoms with E-state index in [1.54, 1.807) is 11.3 Å². The lowest BCUT2D eigenvalue weighted by Gasteiger charge is -2.33. The van der Waals surface area contributed by atoms with Crippen LogP contribution in [0, 0.1) is 12.8 Å². The molecule has 2 aromatic rings. The predicted molar refractivity (Wildman–Crippen MR) is 82.4 cm³/mol. The first-order chi connectivity index (χ1) is 9.17. The van der Waals surface area contributed by atoms with Crippen LogP contribution in [0.5, 0.6) is 0 Å². The fourth-order valence-electron chi connectivity index (χ4n) is 2.83. The molecule has 2 aromatic heterocycles. The van der Waals surface area contributed by atoms with Gasteiger partial charge in [0.1, 0.15) is 10.6 Å². The van der Waals surface area contributed by atoms with Crippen molar-refractivity contribution in [1.29, 1.82) is 0 Å². The first-order valence-electron chi connectivity index (χ1n) is 6.86. The van der Waals surface area contributed by atoms with Crippen LogP contribution in [0.3, 0.4) is 0 Å². The molecule has 1 unspecified atom stereocenters. The van der Waals surface area contributed by atoms with E-state index in [9.17, 15) is 0 Å². The number of hydrogen-bond acceptors (Lipinski definition) is 4. The van der Waals surface area contributed by atoms with Gasteiger partial charge in [-0.15, -0.1) is 11.3 Å². The van der Waals surface area contributed by atoms with Crippen molar-refractivity contribution in [2.24, 2.45) is 5.92 Å². The second-order valence-electron chi connectivity index (χ2n) is 5.25. The third-order valence-electron chi connectivity index (χ3n) is 3.86. The smallest absolute Gasteiger partial charge is 0.225 e. The van der Waals surface area contributed by atoms with Gasteiger partial charge in [-0.1, -0.05) is 13.3 Å². The van der Waals surface area contributed by atoms with E-state index in [-0.39, 0.29) is 0 Å². The maximum Gasteiger partial charge on any atom is 0.225 e. The molecule has 5 heteroatoms. The van der Waals surface area contributed by atoms with Crippen molar-refractivity contribution >= 4 is 39.0 Å². The summed E-state index contributed by atoms with van der Waals surface area (Å²) in [6, 6.07) is 2.18. The van der Waals surface area contributed by atoms with E-state index in [2.05, 4.69) is 34.8 Å². The summed E-state index contributed by atoms with van der Waals surface area (Å²) in [5, 5.41) is 1.52. The molecule has 19 heavy (non-hydrogen) atoms. The molecule has 1 aliphatic heterocycles. The molecule has 3 rings (SSSR count). The Kier molecular flexibility index (Phi) is 3.63. The van der Waals surface area contributed by atoms with Crippen molar-refractivity contribution in [3.8, 4) is 0 Å². The van der Waals surface area contributed by atoms with E-state index < -0.39 is 0 Å². The van der Waals surface area contributed by atoms with Crippen LogP contribution < -0.4 is 4.90 Å². The number of anilines is 1. The van der Waals surface area contributed by atoms with Crippen LogP contribution >= 0.6 is 22.9 Å². The van der Waals surface area contributed by atoms with Gasteiger partial charge in [-0.3, -0.25) is 0 Å². The molecule has 0 bridgehead atoms. The molecule has 0 saturated carbocycles. The fraction of sp³-hybridized carbons (Fsp3) is 0.571. The lowest BCUT2D eigenvalue weighted by molar-refractivity contribution is 0.403. The van der Waals surface area contributed by atoms with Crippen LogP contribution in [0.25, 0.3) is 10.2 Å². The van der Waals surface area contributed by atoms with Crippen molar-refractivity contribution in [2.75, 3.05) is 18.0 Å². The monoisotopic (exact) mass is 295 g/mol. The molecule has 1 saturated heterocycles. The number of rotatable bonds is 2. The molecule has 0 N–H and O–H groups in total. The van der Waals surface area contributed by atoms with Crippen LogP contribution in [-0.2, 0) is 0 Å². The molecule has 1 aliphatic rings. The molecule has 3 nitrogen and oxygen atoms in total. The zero-order valence-corrected chi connectivity index (χ0v) is 12.9. The van der Waals surface area contributed by atoms with E-state index in [1.807, 2.05) is 0 Å². The van der Waals surface area contributed by atoms with Crippen LogP contribution in [-0.4, -0.2) is 23.1 Å². The maximum atomic E-state index is 6.08. The quantitative estimate of drug-likeness (QED) is 0.774. The highest BCUT2D eigenvalue weighted by atomic mass is 35.5. The van der Waals surface area contributed by atoms with E-state index in [4.69, 9.17) is 11.6 Å².